The minimum absolute atomic E-state index is 0.116. The highest BCUT2D eigenvalue weighted by Crippen LogP contribution is 2.36. The molecule has 180 valence electrons. The summed E-state index contributed by atoms with van der Waals surface area (Å²) in [5.74, 6) is 0.728. The van der Waals surface area contributed by atoms with Gasteiger partial charge in [-0.05, 0) is 59.9 Å². The van der Waals surface area contributed by atoms with Crippen molar-refractivity contribution >= 4 is 23.2 Å². The number of carbonyl (C=O) groups is 2. The van der Waals surface area contributed by atoms with Crippen LogP contribution in [0.1, 0.15) is 41.9 Å². The summed E-state index contributed by atoms with van der Waals surface area (Å²) >= 11 is 0. The number of amides is 2. The fourth-order valence-electron chi connectivity index (χ4n) is 4.75. The summed E-state index contributed by atoms with van der Waals surface area (Å²) in [6.45, 7) is 1.95. The Bertz CT molecular complexity index is 1230. The van der Waals surface area contributed by atoms with Crippen molar-refractivity contribution in [2.24, 2.45) is 5.73 Å². The van der Waals surface area contributed by atoms with Gasteiger partial charge in [-0.2, -0.15) is 0 Å². The first-order chi connectivity index (χ1) is 17.1. The van der Waals surface area contributed by atoms with Crippen LogP contribution in [0.5, 0.6) is 11.5 Å². The van der Waals surface area contributed by atoms with E-state index in [9.17, 15) is 9.59 Å². The molecule has 2 heterocycles. The van der Waals surface area contributed by atoms with Crippen LogP contribution in [-0.4, -0.2) is 31.6 Å². The normalized spacial score (nSPS) is 16.0. The van der Waals surface area contributed by atoms with E-state index in [0.29, 0.717) is 43.4 Å². The highest BCUT2D eigenvalue weighted by molar-refractivity contribution is 5.99. The number of ether oxygens (including phenoxy) is 2. The van der Waals surface area contributed by atoms with Gasteiger partial charge in [-0.1, -0.05) is 36.4 Å². The summed E-state index contributed by atoms with van der Waals surface area (Å²) in [6, 6.07) is 20.9. The summed E-state index contributed by atoms with van der Waals surface area (Å²) in [7, 11) is 0. The highest BCUT2D eigenvalue weighted by Gasteiger charge is 2.26. The zero-order chi connectivity index (χ0) is 24.2. The first kappa shape index (κ1) is 22.9. The lowest BCUT2D eigenvalue weighted by atomic mass is 9.90. The molecule has 35 heavy (non-hydrogen) atoms. The molecule has 3 N–H and O–H groups in total. The second-order valence-corrected chi connectivity index (χ2v) is 8.79. The van der Waals surface area contributed by atoms with Gasteiger partial charge in [0.1, 0.15) is 13.2 Å². The zero-order valence-electron chi connectivity index (χ0n) is 19.5. The molecular formula is C28H29N3O4. The van der Waals surface area contributed by atoms with Crippen molar-refractivity contribution in [2.45, 2.75) is 31.7 Å². The number of carbonyl (C=O) groups excluding carboxylic acids is 2. The minimum atomic E-state index is -0.545. The van der Waals surface area contributed by atoms with Crippen molar-refractivity contribution in [2.75, 3.05) is 30.0 Å². The molecule has 0 spiro atoms. The Morgan fingerprint density at radius 2 is 1.74 bits per heavy atom. The van der Waals surface area contributed by atoms with Crippen molar-refractivity contribution in [3.63, 3.8) is 0 Å². The number of fused-ring (bicyclic) bond motifs is 1. The smallest absolute Gasteiger partial charge is 0.236 e. The Labute approximate surface area is 204 Å². The van der Waals surface area contributed by atoms with Crippen LogP contribution in [0.2, 0.25) is 0 Å². The SMILES string of the molecule is NCc1cc(NC(=O)C(c2ccccc2)c2ccc3c(c2)OCCO3)ccc1N1CCCCC1=O. The standard InChI is InChI=1S/C28H29N3O4/c29-18-21-16-22(10-11-23(21)31-13-5-4-8-26(31)32)30-28(33)27(19-6-2-1-3-7-19)20-9-12-24-25(17-20)35-15-14-34-24/h1-3,6-7,9-12,16-17,27H,4-5,8,13-15,18,29H2,(H,30,33). The lowest BCUT2D eigenvalue weighted by Crippen LogP contribution is -2.36. The molecule has 1 saturated heterocycles. The molecule has 7 heteroatoms. The van der Waals surface area contributed by atoms with Crippen molar-refractivity contribution in [3.8, 4) is 11.5 Å². The van der Waals surface area contributed by atoms with Gasteiger partial charge < -0.3 is 25.4 Å². The van der Waals surface area contributed by atoms with E-state index in [0.717, 1.165) is 35.2 Å². The van der Waals surface area contributed by atoms with E-state index in [4.69, 9.17) is 15.2 Å². The van der Waals surface area contributed by atoms with E-state index >= 15 is 0 Å². The van der Waals surface area contributed by atoms with Crippen LogP contribution in [-0.2, 0) is 16.1 Å². The molecule has 2 aliphatic rings. The molecular weight excluding hydrogens is 442 g/mol. The number of hydrogen-bond acceptors (Lipinski definition) is 5. The van der Waals surface area contributed by atoms with Gasteiger partial charge in [0.25, 0.3) is 0 Å². The third kappa shape index (κ3) is 4.86. The summed E-state index contributed by atoms with van der Waals surface area (Å²) < 4.78 is 11.4. The molecule has 3 aromatic rings. The van der Waals surface area contributed by atoms with E-state index in [1.54, 1.807) is 4.90 Å². The highest BCUT2D eigenvalue weighted by atomic mass is 16.6. The van der Waals surface area contributed by atoms with Crippen LogP contribution in [0.4, 0.5) is 11.4 Å². The largest absolute Gasteiger partial charge is 0.486 e. The van der Waals surface area contributed by atoms with Crippen LogP contribution in [0, 0.1) is 0 Å². The summed E-state index contributed by atoms with van der Waals surface area (Å²) in [5.41, 5.74) is 10.0. The van der Waals surface area contributed by atoms with Crippen LogP contribution in [0.15, 0.2) is 66.7 Å². The molecule has 0 radical (unpaired) electrons. The number of piperidine rings is 1. The van der Waals surface area contributed by atoms with Gasteiger partial charge in [-0.25, -0.2) is 0 Å². The Hall–Kier alpha value is -3.84. The summed E-state index contributed by atoms with van der Waals surface area (Å²) in [5, 5.41) is 3.07. The molecule has 0 bridgehead atoms. The number of nitrogens with zero attached hydrogens (tertiary/aromatic N) is 1. The molecule has 3 aromatic carbocycles. The molecule has 1 fully saturated rings. The monoisotopic (exact) mass is 471 g/mol. The minimum Gasteiger partial charge on any atom is -0.486 e. The number of benzene rings is 3. The predicted octanol–water partition coefficient (Wildman–Crippen LogP) is 4.20. The number of rotatable bonds is 6. The fourth-order valence-corrected chi connectivity index (χ4v) is 4.75. The van der Waals surface area contributed by atoms with Gasteiger partial charge in [0.15, 0.2) is 11.5 Å². The average Bonchev–Trinajstić information content (AvgIpc) is 2.90. The average molecular weight is 472 g/mol. The Morgan fingerprint density at radius 1 is 0.943 bits per heavy atom. The maximum atomic E-state index is 13.6. The first-order valence-electron chi connectivity index (χ1n) is 12.0. The maximum absolute atomic E-state index is 13.6. The lowest BCUT2D eigenvalue weighted by molar-refractivity contribution is -0.119. The summed E-state index contributed by atoms with van der Waals surface area (Å²) in [4.78, 5) is 27.9. The molecule has 2 aliphatic heterocycles. The Morgan fingerprint density at radius 3 is 2.51 bits per heavy atom. The summed E-state index contributed by atoms with van der Waals surface area (Å²) in [6.07, 6.45) is 2.45. The van der Waals surface area contributed by atoms with Crippen molar-refractivity contribution in [3.05, 3.63) is 83.4 Å². The molecule has 1 unspecified atom stereocenters. The van der Waals surface area contributed by atoms with Gasteiger partial charge in [-0.15, -0.1) is 0 Å². The van der Waals surface area contributed by atoms with E-state index in [2.05, 4.69) is 5.32 Å². The quantitative estimate of drug-likeness (QED) is 0.562. The molecule has 0 aromatic heterocycles. The third-order valence-corrected chi connectivity index (χ3v) is 6.48. The van der Waals surface area contributed by atoms with Gasteiger partial charge >= 0.3 is 0 Å². The number of hydrogen-bond donors (Lipinski definition) is 2. The molecule has 0 saturated carbocycles. The Balaban J connectivity index is 1.44. The van der Waals surface area contributed by atoms with E-state index < -0.39 is 5.92 Å². The molecule has 7 nitrogen and oxygen atoms in total. The zero-order valence-corrected chi connectivity index (χ0v) is 19.5. The number of nitrogens with two attached hydrogens (primary N) is 1. The van der Waals surface area contributed by atoms with Crippen LogP contribution in [0.3, 0.4) is 0 Å². The van der Waals surface area contributed by atoms with Gasteiger partial charge in [0, 0.05) is 30.9 Å². The van der Waals surface area contributed by atoms with E-state index in [1.807, 2.05) is 66.7 Å². The van der Waals surface area contributed by atoms with Crippen molar-refractivity contribution in [1.29, 1.82) is 0 Å². The molecule has 0 aliphatic carbocycles. The molecule has 2 amide bonds. The van der Waals surface area contributed by atoms with Crippen LogP contribution >= 0.6 is 0 Å². The topological polar surface area (TPSA) is 93.9 Å². The molecule has 5 rings (SSSR count). The van der Waals surface area contributed by atoms with E-state index in [1.165, 1.54) is 0 Å². The predicted molar refractivity (Wildman–Crippen MR) is 135 cm³/mol. The van der Waals surface area contributed by atoms with Gasteiger partial charge in [-0.3, -0.25) is 9.59 Å². The van der Waals surface area contributed by atoms with Crippen LogP contribution in [0.25, 0.3) is 0 Å². The maximum Gasteiger partial charge on any atom is 0.236 e. The first-order valence-corrected chi connectivity index (χ1v) is 12.0. The second-order valence-electron chi connectivity index (χ2n) is 8.79. The lowest BCUT2D eigenvalue weighted by Gasteiger charge is -2.29. The van der Waals surface area contributed by atoms with Crippen LogP contribution < -0.4 is 25.4 Å². The second kappa shape index (κ2) is 10.2. The molecule has 1 atom stereocenters. The fraction of sp³-hybridized carbons (Fsp3) is 0.286. The van der Waals surface area contributed by atoms with Crippen molar-refractivity contribution < 1.29 is 19.1 Å². The van der Waals surface area contributed by atoms with Gasteiger partial charge in [0.2, 0.25) is 11.8 Å². The van der Waals surface area contributed by atoms with E-state index in [-0.39, 0.29) is 18.4 Å². The third-order valence-electron chi connectivity index (χ3n) is 6.48. The number of nitrogens with one attached hydrogen (secondary N) is 1. The van der Waals surface area contributed by atoms with Crippen molar-refractivity contribution in [1.82, 2.24) is 0 Å². The Kier molecular flexibility index (Phi) is 6.68. The number of anilines is 2. The van der Waals surface area contributed by atoms with Gasteiger partial charge in [0.05, 0.1) is 5.92 Å².